The largest absolute Gasteiger partial charge is 0.454 e. The Balaban J connectivity index is 1.44. The van der Waals surface area contributed by atoms with E-state index in [4.69, 9.17) is 4.74 Å². The molecule has 8 heteroatoms. The summed E-state index contributed by atoms with van der Waals surface area (Å²) in [4.78, 5) is 26.6. The highest BCUT2D eigenvalue weighted by atomic mass is 19.1. The van der Waals surface area contributed by atoms with E-state index in [1.54, 1.807) is 24.3 Å². The number of carbonyl (C=O) groups excluding carboxylic acids is 2. The molecule has 0 spiro atoms. The summed E-state index contributed by atoms with van der Waals surface area (Å²) >= 11 is 0. The van der Waals surface area contributed by atoms with Crippen LogP contribution in [0.25, 0.3) is 0 Å². The summed E-state index contributed by atoms with van der Waals surface area (Å²) in [7, 11) is 0. The molecule has 0 radical (unpaired) electrons. The van der Waals surface area contributed by atoms with Gasteiger partial charge in [0, 0.05) is 24.2 Å². The van der Waals surface area contributed by atoms with E-state index in [1.807, 2.05) is 0 Å². The highest BCUT2D eigenvalue weighted by molar-refractivity contribution is 6.02. The van der Waals surface area contributed by atoms with Gasteiger partial charge in [-0.3, -0.25) is 9.59 Å². The smallest absolute Gasteiger partial charge is 0.255 e. The summed E-state index contributed by atoms with van der Waals surface area (Å²) in [6, 6.07) is 7.59. The number of amides is 2. The van der Waals surface area contributed by atoms with Gasteiger partial charge in [-0.2, -0.15) is 0 Å². The van der Waals surface area contributed by atoms with Crippen molar-refractivity contribution in [3.8, 4) is 11.5 Å². The van der Waals surface area contributed by atoms with Gasteiger partial charge in [0.1, 0.15) is 18.0 Å². The van der Waals surface area contributed by atoms with Gasteiger partial charge in [0.2, 0.25) is 5.91 Å². The highest BCUT2D eigenvalue weighted by Gasteiger charge is 2.40. The summed E-state index contributed by atoms with van der Waals surface area (Å²) in [5.41, 5.74) is 2.99. The Kier molecular flexibility index (Phi) is 4.25. The van der Waals surface area contributed by atoms with Crippen molar-refractivity contribution >= 4 is 11.8 Å². The Bertz CT molecular complexity index is 1030. The summed E-state index contributed by atoms with van der Waals surface area (Å²) < 4.78 is 20.4. The van der Waals surface area contributed by atoms with Gasteiger partial charge in [-0.15, -0.1) is 0 Å². The third-order valence-corrected chi connectivity index (χ3v) is 5.76. The van der Waals surface area contributed by atoms with Crippen molar-refractivity contribution in [2.45, 2.75) is 44.7 Å². The molecule has 1 fully saturated rings. The van der Waals surface area contributed by atoms with Crippen molar-refractivity contribution in [3.05, 3.63) is 58.4 Å². The zero-order valence-electron chi connectivity index (χ0n) is 15.6. The Hall–Kier alpha value is -2.97. The van der Waals surface area contributed by atoms with Crippen LogP contribution in [0.5, 0.6) is 11.5 Å². The van der Waals surface area contributed by atoms with Crippen LogP contribution < -0.4 is 15.4 Å². The van der Waals surface area contributed by atoms with Gasteiger partial charge in [-0.1, -0.05) is 6.07 Å². The number of piperidine rings is 1. The van der Waals surface area contributed by atoms with E-state index in [1.165, 1.54) is 11.0 Å². The molecule has 3 heterocycles. The molecule has 1 saturated heterocycles. The first-order valence-corrected chi connectivity index (χ1v) is 9.62. The van der Waals surface area contributed by atoms with E-state index in [2.05, 4.69) is 10.6 Å². The fourth-order valence-corrected chi connectivity index (χ4v) is 4.24. The van der Waals surface area contributed by atoms with Crippen LogP contribution in [0.2, 0.25) is 0 Å². The topological polar surface area (TPSA) is 90.9 Å². The molecule has 0 aromatic heterocycles. The van der Waals surface area contributed by atoms with Crippen molar-refractivity contribution in [2.24, 2.45) is 0 Å². The number of hydrogen-bond donors (Lipinski definition) is 3. The van der Waals surface area contributed by atoms with E-state index >= 15 is 0 Å². The summed E-state index contributed by atoms with van der Waals surface area (Å²) in [6.07, 6.45) is -0.112. The molecule has 3 aliphatic rings. The lowest BCUT2D eigenvalue weighted by molar-refractivity contribution is -0.132. The lowest BCUT2D eigenvalue weighted by atomic mass is 10.0. The quantitative estimate of drug-likeness (QED) is 0.735. The van der Waals surface area contributed by atoms with Crippen LogP contribution in [0.1, 0.15) is 39.9 Å². The maximum atomic E-state index is 14.5. The number of halogens is 1. The number of aliphatic hydroxyl groups excluding tert-OH is 1. The first kappa shape index (κ1) is 18.1. The molecule has 2 amide bonds. The Labute approximate surface area is 166 Å². The number of fused-ring (bicyclic) bond motifs is 2. The number of nitrogens with zero attached hydrogens (tertiary/aromatic N) is 1. The molecule has 7 nitrogen and oxygen atoms in total. The van der Waals surface area contributed by atoms with Crippen molar-refractivity contribution in [1.82, 2.24) is 15.5 Å². The van der Waals surface area contributed by atoms with E-state index in [0.717, 1.165) is 11.1 Å². The van der Waals surface area contributed by atoms with Crippen molar-refractivity contribution in [3.63, 3.8) is 0 Å². The minimum Gasteiger partial charge on any atom is -0.454 e. The van der Waals surface area contributed by atoms with Crippen LogP contribution in [0.4, 0.5) is 4.39 Å². The molecule has 0 aliphatic carbocycles. The number of carbonyl (C=O) groups is 2. The number of aliphatic hydroxyl groups is 1. The monoisotopic (exact) mass is 397 g/mol. The van der Waals surface area contributed by atoms with Gasteiger partial charge in [0.05, 0.1) is 6.54 Å². The third kappa shape index (κ3) is 3.04. The van der Waals surface area contributed by atoms with E-state index in [9.17, 15) is 19.1 Å². The molecular formula is C21H20FN3O4. The zero-order chi connectivity index (χ0) is 20.1. The average molecular weight is 397 g/mol. The van der Waals surface area contributed by atoms with Gasteiger partial charge in [-0.25, -0.2) is 4.39 Å². The zero-order valence-corrected chi connectivity index (χ0v) is 15.6. The number of ether oxygens (including phenoxy) is 1. The molecule has 3 aliphatic heterocycles. The molecule has 0 bridgehead atoms. The number of benzene rings is 2. The minimum absolute atomic E-state index is 0.116. The second-order valence-corrected chi connectivity index (χ2v) is 7.59. The Morgan fingerprint density at radius 3 is 2.69 bits per heavy atom. The van der Waals surface area contributed by atoms with Gasteiger partial charge in [0.15, 0.2) is 11.6 Å². The molecule has 150 valence electrons. The maximum absolute atomic E-state index is 14.5. The Morgan fingerprint density at radius 2 is 1.90 bits per heavy atom. The fraction of sp³-hybridized carbons (Fsp3) is 0.333. The Morgan fingerprint density at radius 1 is 1.10 bits per heavy atom. The molecule has 2 atom stereocenters. The molecule has 2 aromatic rings. The summed E-state index contributed by atoms with van der Waals surface area (Å²) in [5.74, 6) is -0.568. The lowest BCUT2D eigenvalue weighted by Crippen LogP contribution is -2.54. The number of rotatable bonds is 3. The van der Waals surface area contributed by atoms with Crippen molar-refractivity contribution < 1.29 is 23.8 Å². The van der Waals surface area contributed by atoms with Gasteiger partial charge in [-0.05, 0) is 48.2 Å². The van der Waals surface area contributed by atoms with Crippen LogP contribution in [-0.2, 0) is 24.4 Å². The number of hydrogen-bond acceptors (Lipinski definition) is 5. The predicted octanol–water partition coefficient (Wildman–Crippen LogP) is 1.77. The first-order valence-electron chi connectivity index (χ1n) is 9.62. The predicted molar refractivity (Wildman–Crippen MR) is 101 cm³/mol. The highest BCUT2D eigenvalue weighted by Crippen LogP contribution is 2.37. The molecule has 2 unspecified atom stereocenters. The summed E-state index contributed by atoms with van der Waals surface area (Å²) in [5, 5.41) is 15.2. The van der Waals surface area contributed by atoms with E-state index in [0.29, 0.717) is 42.8 Å². The second kappa shape index (κ2) is 6.82. The molecule has 5 rings (SSSR count). The summed E-state index contributed by atoms with van der Waals surface area (Å²) in [6.45, 7) is 1.50. The molecule has 0 saturated carbocycles. The molecule has 3 N–H and O–H groups in total. The van der Waals surface area contributed by atoms with Crippen LogP contribution in [-0.4, -0.2) is 34.1 Å². The van der Waals surface area contributed by atoms with Gasteiger partial charge < -0.3 is 25.4 Å². The molecule has 29 heavy (non-hydrogen) atoms. The van der Waals surface area contributed by atoms with E-state index < -0.39 is 18.1 Å². The third-order valence-electron chi connectivity index (χ3n) is 5.76. The van der Waals surface area contributed by atoms with E-state index in [-0.39, 0.29) is 24.1 Å². The lowest BCUT2D eigenvalue weighted by Gasteiger charge is -2.32. The van der Waals surface area contributed by atoms with Gasteiger partial charge in [0.25, 0.3) is 5.91 Å². The SMILES string of the molecule is O=C1NC(O)CCC1N1Cc2c(Oc3cc4c(cc3F)CNC4)cccc2C1=O. The van der Waals surface area contributed by atoms with Gasteiger partial charge >= 0.3 is 0 Å². The number of nitrogens with one attached hydrogen (secondary N) is 2. The van der Waals surface area contributed by atoms with Crippen LogP contribution in [0.3, 0.4) is 0 Å². The normalized spacial score (nSPS) is 23.0. The van der Waals surface area contributed by atoms with Crippen molar-refractivity contribution in [1.29, 1.82) is 0 Å². The second-order valence-electron chi connectivity index (χ2n) is 7.59. The average Bonchev–Trinajstić information content (AvgIpc) is 3.27. The van der Waals surface area contributed by atoms with Crippen molar-refractivity contribution in [2.75, 3.05) is 0 Å². The fourth-order valence-electron chi connectivity index (χ4n) is 4.24. The van der Waals surface area contributed by atoms with Crippen LogP contribution >= 0.6 is 0 Å². The molecular weight excluding hydrogens is 377 g/mol. The molecule has 2 aromatic carbocycles. The first-order chi connectivity index (χ1) is 14.0. The standard InChI is InChI=1S/C21H20FN3O4/c22-15-6-11-8-23-9-12(11)7-18(15)29-17-3-1-2-13-14(17)10-25(21(13)28)16-4-5-19(26)24-20(16)27/h1-3,6-7,16,19,23,26H,4-5,8-10H2,(H,24,27). The minimum atomic E-state index is -0.880. The maximum Gasteiger partial charge on any atom is 0.255 e. The van der Waals surface area contributed by atoms with Crippen LogP contribution in [0, 0.1) is 5.82 Å². The van der Waals surface area contributed by atoms with Crippen LogP contribution in [0.15, 0.2) is 30.3 Å².